The molecule has 1 aromatic rings. The Morgan fingerprint density at radius 2 is 1.43 bits per heavy atom. The highest BCUT2D eigenvalue weighted by Crippen LogP contribution is 2.26. The first-order valence-electron chi connectivity index (χ1n) is 8.84. The summed E-state index contributed by atoms with van der Waals surface area (Å²) in [6.07, 6.45) is 12.0. The monoisotopic (exact) mass is 289 g/mol. The minimum Gasteiger partial charge on any atom is -0.322 e. The van der Waals surface area contributed by atoms with Gasteiger partial charge in [-0.2, -0.15) is 0 Å². The fourth-order valence-corrected chi connectivity index (χ4v) is 2.87. The van der Waals surface area contributed by atoms with Gasteiger partial charge in [0.05, 0.1) is 0 Å². The Bertz CT molecular complexity index is 406. The number of aryl methyl sites for hydroxylation is 2. The van der Waals surface area contributed by atoms with Crippen LogP contribution >= 0.6 is 0 Å². The zero-order valence-electron chi connectivity index (χ0n) is 14.7. The minimum absolute atomic E-state index is 0.180. The molecule has 120 valence electrons. The summed E-state index contributed by atoms with van der Waals surface area (Å²) in [5.74, 6) is 0. The Labute approximate surface area is 132 Å². The van der Waals surface area contributed by atoms with Crippen LogP contribution in [0.15, 0.2) is 18.2 Å². The molecule has 0 bridgehead atoms. The van der Waals surface area contributed by atoms with Crippen LogP contribution in [0.1, 0.15) is 88.3 Å². The SMILES string of the molecule is CCCCCCCCCCC(C)(N)c1ccc(C)c(C)c1. The van der Waals surface area contributed by atoms with Gasteiger partial charge in [0.15, 0.2) is 0 Å². The van der Waals surface area contributed by atoms with E-state index in [9.17, 15) is 0 Å². The predicted molar refractivity (Wildman–Crippen MR) is 94.7 cm³/mol. The second kappa shape index (κ2) is 9.25. The highest BCUT2D eigenvalue weighted by molar-refractivity contribution is 5.33. The minimum atomic E-state index is -0.180. The third-order valence-corrected chi connectivity index (χ3v) is 4.72. The van der Waals surface area contributed by atoms with Crippen LogP contribution in [0.5, 0.6) is 0 Å². The molecule has 0 fully saturated rings. The second-order valence-electron chi connectivity index (χ2n) is 6.94. The zero-order valence-corrected chi connectivity index (χ0v) is 14.7. The molecule has 0 aliphatic carbocycles. The third-order valence-electron chi connectivity index (χ3n) is 4.72. The summed E-state index contributed by atoms with van der Waals surface area (Å²) < 4.78 is 0. The maximum Gasteiger partial charge on any atom is 0.0381 e. The topological polar surface area (TPSA) is 26.0 Å². The Kier molecular flexibility index (Phi) is 8.03. The number of rotatable bonds is 10. The molecule has 1 nitrogen and oxygen atoms in total. The van der Waals surface area contributed by atoms with Crippen molar-refractivity contribution >= 4 is 0 Å². The fourth-order valence-electron chi connectivity index (χ4n) is 2.87. The average molecular weight is 290 g/mol. The lowest BCUT2D eigenvalue weighted by Gasteiger charge is -2.26. The van der Waals surface area contributed by atoms with E-state index in [0.29, 0.717) is 0 Å². The van der Waals surface area contributed by atoms with E-state index in [1.807, 2.05) is 0 Å². The lowest BCUT2D eigenvalue weighted by atomic mass is 9.86. The standard InChI is InChI=1S/C20H35N/c1-5-6-7-8-9-10-11-12-15-20(4,21)19-14-13-17(2)18(3)16-19/h13-14,16H,5-12,15,21H2,1-4H3. The molecule has 2 N–H and O–H groups in total. The van der Waals surface area contributed by atoms with Crippen LogP contribution in [0.2, 0.25) is 0 Å². The third kappa shape index (κ3) is 6.65. The summed E-state index contributed by atoms with van der Waals surface area (Å²) in [4.78, 5) is 0. The predicted octanol–water partition coefficient (Wildman–Crippen LogP) is 6.01. The normalized spacial score (nSPS) is 14.1. The number of benzene rings is 1. The Balaban J connectivity index is 2.28. The number of hydrogen-bond acceptors (Lipinski definition) is 1. The smallest absolute Gasteiger partial charge is 0.0381 e. The molecule has 0 heterocycles. The van der Waals surface area contributed by atoms with E-state index in [4.69, 9.17) is 5.73 Å². The first-order chi connectivity index (χ1) is 9.97. The molecule has 1 aromatic carbocycles. The van der Waals surface area contributed by atoms with Gasteiger partial charge in [0.2, 0.25) is 0 Å². The van der Waals surface area contributed by atoms with Crippen molar-refractivity contribution in [2.45, 2.75) is 91.0 Å². The van der Waals surface area contributed by atoms with Crippen LogP contribution in [0.3, 0.4) is 0 Å². The summed E-state index contributed by atoms with van der Waals surface area (Å²) in [7, 11) is 0. The largest absolute Gasteiger partial charge is 0.322 e. The van der Waals surface area contributed by atoms with Crippen molar-refractivity contribution in [3.05, 3.63) is 34.9 Å². The fraction of sp³-hybridized carbons (Fsp3) is 0.700. The van der Waals surface area contributed by atoms with E-state index in [2.05, 4.69) is 45.9 Å². The van der Waals surface area contributed by atoms with Gasteiger partial charge in [0, 0.05) is 5.54 Å². The lowest BCUT2D eigenvalue weighted by Crippen LogP contribution is -2.33. The molecular weight excluding hydrogens is 254 g/mol. The average Bonchev–Trinajstić information content (AvgIpc) is 2.44. The molecule has 1 heteroatoms. The van der Waals surface area contributed by atoms with Crippen LogP contribution in [-0.4, -0.2) is 0 Å². The molecule has 0 radical (unpaired) electrons. The van der Waals surface area contributed by atoms with Gasteiger partial charge < -0.3 is 5.73 Å². The van der Waals surface area contributed by atoms with Gasteiger partial charge >= 0.3 is 0 Å². The molecular formula is C20H35N. The molecule has 0 amide bonds. The summed E-state index contributed by atoms with van der Waals surface area (Å²) in [5.41, 5.74) is 10.3. The van der Waals surface area contributed by atoms with E-state index in [1.54, 1.807) is 0 Å². The number of nitrogens with two attached hydrogens (primary N) is 1. The van der Waals surface area contributed by atoms with Crippen molar-refractivity contribution in [1.82, 2.24) is 0 Å². The maximum atomic E-state index is 6.54. The van der Waals surface area contributed by atoms with Gasteiger partial charge in [0.25, 0.3) is 0 Å². The zero-order chi connectivity index (χ0) is 15.7. The second-order valence-corrected chi connectivity index (χ2v) is 6.94. The molecule has 1 unspecified atom stereocenters. The van der Waals surface area contributed by atoms with Crippen molar-refractivity contribution in [2.24, 2.45) is 5.73 Å². The molecule has 0 aliphatic rings. The van der Waals surface area contributed by atoms with E-state index in [0.717, 1.165) is 6.42 Å². The highest BCUT2D eigenvalue weighted by atomic mass is 14.7. The summed E-state index contributed by atoms with van der Waals surface area (Å²) in [5, 5.41) is 0. The van der Waals surface area contributed by atoms with E-state index in [-0.39, 0.29) is 5.54 Å². The van der Waals surface area contributed by atoms with Crippen molar-refractivity contribution < 1.29 is 0 Å². The van der Waals surface area contributed by atoms with Crippen molar-refractivity contribution in [3.63, 3.8) is 0 Å². The molecule has 21 heavy (non-hydrogen) atoms. The van der Waals surface area contributed by atoms with Crippen LogP contribution < -0.4 is 5.73 Å². The molecule has 0 aliphatic heterocycles. The summed E-state index contributed by atoms with van der Waals surface area (Å²) in [6, 6.07) is 6.66. The first kappa shape index (κ1) is 18.2. The van der Waals surface area contributed by atoms with Gasteiger partial charge in [-0.1, -0.05) is 76.5 Å². The molecule has 0 saturated carbocycles. The maximum absolute atomic E-state index is 6.54. The summed E-state index contributed by atoms with van der Waals surface area (Å²) in [6.45, 7) is 8.78. The Morgan fingerprint density at radius 3 is 2.00 bits per heavy atom. The van der Waals surface area contributed by atoms with Gasteiger partial charge in [-0.15, -0.1) is 0 Å². The highest BCUT2D eigenvalue weighted by Gasteiger charge is 2.20. The molecule has 0 saturated heterocycles. The van der Waals surface area contributed by atoms with E-state index in [1.165, 1.54) is 68.1 Å². The van der Waals surface area contributed by atoms with Crippen molar-refractivity contribution in [1.29, 1.82) is 0 Å². The first-order valence-corrected chi connectivity index (χ1v) is 8.84. The van der Waals surface area contributed by atoms with Crippen molar-refractivity contribution in [2.75, 3.05) is 0 Å². The van der Waals surface area contributed by atoms with Crippen molar-refractivity contribution in [3.8, 4) is 0 Å². The van der Waals surface area contributed by atoms with Gasteiger partial charge in [-0.05, 0) is 43.9 Å². The quantitative estimate of drug-likeness (QED) is 0.524. The molecule has 1 atom stereocenters. The van der Waals surface area contributed by atoms with Crippen LogP contribution in [0.25, 0.3) is 0 Å². The molecule has 0 aromatic heterocycles. The lowest BCUT2D eigenvalue weighted by molar-refractivity contribution is 0.420. The number of unbranched alkanes of at least 4 members (excludes halogenated alkanes) is 7. The Hall–Kier alpha value is -0.820. The molecule has 0 spiro atoms. The summed E-state index contributed by atoms with van der Waals surface area (Å²) >= 11 is 0. The van der Waals surface area contributed by atoms with Crippen LogP contribution in [-0.2, 0) is 5.54 Å². The van der Waals surface area contributed by atoms with E-state index < -0.39 is 0 Å². The van der Waals surface area contributed by atoms with Gasteiger partial charge in [0.1, 0.15) is 0 Å². The Morgan fingerprint density at radius 1 is 0.857 bits per heavy atom. The number of hydrogen-bond donors (Lipinski definition) is 1. The molecule has 1 rings (SSSR count). The van der Waals surface area contributed by atoms with Gasteiger partial charge in [-0.3, -0.25) is 0 Å². The van der Waals surface area contributed by atoms with Crippen LogP contribution in [0, 0.1) is 13.8 Å². The van der Waals surface area contributed by atoms with Crippen LogP contribution in [0.4, 0.5) is 0 Å². The van der Waals surface area contributed by atoms with Gasteiger partial charge in [-0.25, -0.2) is 0 Å². The van der Waals surface area contributed by atoms with E-state index >= 15 is 0 Å².